The largest absolute Gasteiger partial charge is 0.394 e. The molecule has 0 bridgehead atoms. The van der Waals surface area contributed by atoms with E-state index >= 15 is 0 Å². The lowest BCUT2D eigenvalue weighted by molar-refractivity contribution is -0.127. The van der Waals surface area contributed by atoms with Crippen molar-refractivity contribution in [3.8, 4) is 0 Å². The van der Waals surface area contributed by atoms with Crippen molar-refractivity contribution in [3.05, 3.63) is 0 Å². The SMILES string of the molecule is O=C(NC(CO)(CO)CO)C1CC12CCNCC2. The molecule has 6 heteroatoms. The molecule has 2 rings (SSSR count). The summed E-state index contributed by atoms with van der Waals surface area (Å²) >= 11 is 0. The van der Waals surface area contributed by atoms with Gasteiger partial charge in [0.25, 0.3) is 0 Å². The predicted molar refractivity (Wildman–Crippen MR) is 64.8 cm³/mol. The van der Waals surface area contributed by atoms with Crippen LogP contribution in [-0.4, -0.2) is 59.7 Å². The van der Waals surface area contributed by atoms with Crippen LogP contribution in [0.5, 0.6) is 0 Å². The van der Waals surface area contributed by atoms with Crippen LogP contribution in [0.25, 0.3) is 0 Å². The van der Waals surface area contributed by atoms with Crippen molar-refractivity contribution in [2.75, 3.05) is 32.9 Å². The average molecular weight is 258 g/mol. The minimum atomic E-state index is -1.30. The van der Waals surface area contributed by atoms with Crippen molar-refractivity contribution in [2.24, 2.45) is 11.3 Å². The molecule has 0 aromatic rings. The third-order valence-electron chi connectivity index (χ3n) is 4.40. The molecule has 1 aliphatic carbocycles. The normalized spacial score (nSPS) is 26.1. The van der Waals surface area contributed by atoms with Gasteiger partial charge in [-0.2, -0.15) is 0 Å². The number of piperidine rings is 1. The van der Waals surface area contributed by atoms with Gasteiger partial charge in [0, 0.05) is 5.92 Å². The zero-order valence-corrected chi connectivity index (χ0v) is 10.5. The fourth-order valence-electron chi connectivity index (χ4n) is 2.81. The summed E-state index contributed by atoms with van der Waals surface area (Å²) in [4.78, 5) is 12.1. The van der Waals surface area contributed by atoms with Crippen LogP contribution in [0.15, 0.2) is 0 Å². The number of amides is 1. The van der Waals surface area contributed by atoms with E-state index in [2.05, 4.69) is 10.6 Å². The van der Waals surface area contributed by atoms with Crippen molar-refractivity contribution in [1.29, 1.82) is 0 Å². The Kier molecular flexibility index (Phi) is 3.91. The number of carbonyl (C=O) groups is 1. The summed E-state index contributed by atoms with van der Waals surface area (Å²) in [5.41, 5.74) is -1.19. The van der Waals surface area contributed by atoms with E-state index in [9.17, 15) is 20.1 Å². The Hall–Kier alpha value is -0.690. The molecule has 5 N–H and O–H groups in total. The number of aliphatic hydroxyl groups excluding tert-OH is 3. The van der Waals surface area contributed by atoms with Gasteiger partial charge in [-0.1, -0.05) is 0 Å². The van der Waals surface area contributed by atoms with Gasteiger partial charge in [0.05, 0.1) is 19.8 Å². The molecule has 1 heterocycles. The van der Waals surface area contributed by atoms with Gasteiger partial charge < -0.3 is 26.0 Å². The summed E-state index contributed by atoms with van der Waals surface area (Å²) < 4.78 is 0. The molecule has 2 fully saturated rings. The maximum atomic E-state index is 12.1. The smallest absolute Gasteiger partial charge is 0.224 e. The van der Waals surface area contributed by atoms with Crippen LogP contribution in [-0.2, 0) is 4.79 Å². The van der Waals surface area contributed by atoms with Gasteiger partial charge >= 0.3 is 0 Å². The molecule has 1 saturated heterocycles. The Morgan fingerprint density at radius 3 is 2.28 bits per heavy atom. The first-order chi connectivity index (χ1) is 8.61. The maximum Gasteiger partial charge on any atom is 0.224 e. The molecule has 1 spiro atoms. The zero-order valence-electron chi connectivity index (χ0n) is 10.5. The van der Waals surface area contributed by atoms with E-state index in [0.717, 1.165) is 32.4 Å². The van der Waals surface area contributed by atoms with Crippen LogP contribution >= 0.6 is 0 Å². The molecule has 0 aromatic carbocycles. The molecule has 1 atom stereocenters. The highest BCUT2D eigenvalue weighted by atomic mass is 16.3. The maximum absolute atomic E-state index is 12.1. The minimum absolute atomic E-state index is 0.0383. The number of carbonyl (C=O) groups excluding carboxylic acids is 1. The zero-order chi connectivity index (χ0) is 13.2. The molecule has 1 amide bonds. The summed E-state index contributed by atoms with van der Waals surface area (Å²) in [6, 6.07) is 0. The van der Waals surface area contributed by atoms with Gasteiger partial charge in [-0.3, -0.25) is 4.79 Å². The van der Waals surface area contributed by atoms with Gasteiger partial charge in [-0.05, 0) is 37.8 Å². The van der Waals surface area contributed by atoms with E-state index in [1.807, 2.05) is 0 Å². The average Bonchev–Trinajstić information content (AvgIpc) is 3.10. The van der Waals surface area contributed by atoms with E-state index in [1.54, 1.807) is 0 Å². The van der Waals surface area contributed by atoms with Gasteiger partial charge in [0.15, 0.2) is 0 Å². The van der Waals surface area contributed by atoms with Gasteiger partial charge in [0.1, 0.15) is 5.54 Å². The third kappa shape index (κ3) is 2.38. The Morgan fingerprint density at radius 1 is 1.22 bits per heavy atom. The summed E-state index contributed by atoms with van der Waals surface area (Å²) in [7, 11) is 0. The van der Waals surface area contributed by atoms with Crippen LogP contribution in [0.3, 0.4) is 0 Å². The summed E-state index contributed by atoms with van der Waals surface area (Å²) in [6.07, 6.45) is 2.86. The molecule has 0 aromatic heterocycles. The first-order valence-corrected chi connectivity index (χ1v) is 6.47. The predicted octanol–water partition coefficient (Wildman–Crippen LogP) is -1.79. The van der Waals surface area contributed by atoms with E-state index in [4.69, 9.17) is 0 Å². The van der Waals surface area contributed by atoms with Crippen molar-refractivity contribution in [2.45, 2.75) is 24.8 Å². The highest BCUT2D eigenvalue weighted by Crippen LogP contribution is 2.58. The second kappa shape index (κ2) is 5.13. The lowest BCUT2D eigenvalue weighted by Crippen LogP contribution is -2.57. The van der Waals surface area contributed by atoms with Crippen LogP contribution in [0, 0.1) is 11.3 Å². The van der Waals surface area contributed by atoms with E-state index in [-0.39, 0.29) is 17.2 Å². The molecular weight excluding hydrogens is 236 g/mol. The molecule has 2 aliphatic rings. The Morgan fingerprint density at radius 2 is 1.78 bits per heavy atom. The topological polar surface area (TPSA) is 102 Å². The van der Waals surface area contributed by atoms with Gasteiger partial charge in [0.2, 0.25) is 5.91 Å². The first kappa shape index (κ1) is 13.7. The molecule has 6 nitrogen and oxygen atoms in total. The van der Waals surface area contributed by atoms with Gasteiger partial charge in [-0.15, -0.1) is 0 Å². The number of hydrogen-bond acceptors (Lipinski definition) is 5. The number of rotatable bonds is 5. The van der Waals surface area contributed by atoms with Crippen LogP contribution in [0.1, 0.15) is 19.3 Å². The number of hydrogen-bond donors (Lipinski definition) is 5. The third-order valence-corrected chi connectivity index (χ3v) is 4.40. The van der Waals surface area contributed by atoms with Crippen molar-refractivity contribution in [3.63, 3.8) is 0 Å². The molecule has 1 saturated carbocycles. The molecule has 104 valence electrons. The summed E-state index contributed by atoms with van der Waals surface area (Å²) in [6.45, 7) is 0.483. The molecule has 1 unspecified atom stereocenters. The van der Waals surface area contributed by atoms with Crippen LogP contribution < -0.4 is 10.6 Å². The Bertz CT molecular complexity index is 303. The standard InChI is InChI=1S/C12H22N2O4/c15-6-12(7-16,8-17)14-10(18)9-5-11(9)1-3-13-4-2-11/h9,13,15-17H,1-8H2,(H,14,18). The quantitative estimate of drug-likeness (QED) is 0.401. The summed E-state index contributed by atoms with van der Waals surface area (Å²) in [5.74, 6) is -0.197. The molecular formula is C12H22N2O4. The lowest BCUT2D eigenvalue weighted by Gasteiger charge is -2.30. The number of nitrogens with one attached hydrogen (secondary N) is 2. The first-order valence-electron chi connectivity index (χ1n) is 6.47. The van der Waals surface area contributed by atoms with E-state index < -0.39 is 25.4 Å². The highest BCUT2D eigenvalue weighted by molar-refractivity contribution is 5.83. The van der Waals surface area contributed by atoms with Crippen molar-refractivity contribution in [1.82, 2.24) is 10.6 Å². The van der Waals surface area contributed by atoms with E-state index in [1.165, 1.54) is 0 Å². The Labute approximate surface area is 106 Å². The van der Waals surface area contributed by atoms with E-state index in [0.29, 0.717) is 0 Å². The molecule has 0 radical (unpaired) electrons. The van der Waals surface area contributed by atoms with Gasteiger partial charge in [-0.25, -0.2) is 0 Å². The lowest BCUT2D eigenvalue weighted by atomic mass is 9.91. The van der Waals surface area contributed by atoms with Crippen molar-refractivity contribution >= 4 is 5.91 Å². The molecule has 1 aliphatic heterocycles. The highest BCUT2D eigenvalue weighted by Gasteiger charge is 2.58. The monoisotopic (exact) mass is 258 g/mol. The Balaban J connectivity index is 1.93. The number of aliphatic hydroxyl groups is 3. The van der Waals surface area contributed by atoms with Crippen LogP contribution in [0.4, 0.5) is 0 Å². The fraction of sp³-hybridized carbons (Fsp3) is 0.917. The fourth-order valence-corrected chi connectivity index (χ4v) is 2.81. The van der Waals surface area contributed by atoms with Crippen molar-refractivity contribution < 1.29 is 20.1 Å². The molecule has 18 heavy (non-hydrogen) atoms. The minimum Gasteiger partial charge on any atom is -0.394 e. The second-order valence-electron chi connectivity index (χ2n) is 5.61. The second-order valence-corrected chi connectivity index (χ2v) is 5.61. The van der Waals surface area contributed by atoms with Crippen LogP contribution in [0.2, 0.25) is 0 Å². The summed E-state index contributed by atoms with van der Waals surface area (Å²) in [5, 5.41) is 33.4.